The predicted octanol–water partition coefficient (Wildman–Crippen LogP) is 3.43. The molecule has 0 spiro atoms. The van der Waals surface area contributed by atoms with Gasteiger partial charge in [0.05, 0.1) is 0 Å². The van der Waals surface area contributed by atoms with Gasteiger partial charge in [-0.3, -0.25) is 0 Å². The summed E-state index contributed by atoms with van der Waals surface area (Å²) >= 11 is 2.16. The molecule has 0 aromatic carbocycles. The van der Waals surface area contributed by atoms with Gasteiger partial charge in [-0.1, -0.05) is 35.9 Å². The summed E-state index contributed by atoms with van der Waals surface area (Å²) in [7, 11) is 1.59. The van der Waals surface area contributed by atoms with Gasteiger partial charge in [-0.25, -0.2) is 9.78 Å². The normalized spacial score (nSPS) is 14.9. The van der Waals surface area contributed by atoms with Crippen LogP contribution in [0.5, 0.6) is 0 Å². The van der Waals surface area contributed by atoms with Gasteiger partial charge in [0, 0.05) is 7.11 Å². The summed E-state index contributed by atoms with van der Waals surface area (Å²) < 4.78 is 7.00. The highest BCUT2D eigenvalue weighted by Gasteiger charge is 2.20. The van der Waals surface area contributed by atoms with E-state index in [1.165, 1.54) is 0 Å². The van der Waals surface area contributed by atoms with Crippen molar-refractivity contribution < 1.29 is 14.5 Å². The van der Waals surface area contributed by atoms with E-state index in [1.807, 2.05) is 24.0 Å². The Morgan fingerprint density at radius 3 is 2.50 bits per heavy atom. The predicted molar refractivity (Wildman–Crippen MR) is 65.1 cm³/mol. The van der Waals surface area contributed by atoms with Crippen molar-refractivity contribution in [3.05, 3.63) is 10.2 Å². The quantitative estimate of drug-likeness (QED) is 0.312. The smallest absolute Gasteiger partial charge is 0.195 e. The lowest BCUT2D eigenvalue weighted by atomic mass is 10.2. The summed E-state index contributed by atoms with van der Waals surface area (Å²) in [5.41, 5.74) is 0. The summed E-state index contributed by atoms with van der Waals surface area (Å²) in [6.45, 7) is 5.73. The minimum Gasteiger partial charge on any atom is -0.351 e. The van der Waals surface area contributed by atoms with Gasteiger partial charge in [0.1, 0.15) is 6.10 Å². The van der Waals surface area contributed by atoms with Crippen LogP contribution in [0.2, 0.25) is 0 Å². The summed E-state index contributed by atoms with van der Waals surface area (Å²) in [6, 6.07) is 0. The average Bonchev–Trinajstić information content (AvgIpc) is 2.15. The van der Waals surface area contributed by atoms with Crippen molar-refractivity contribution in [2.75, 3.05) is 7.11 Å². The van der Waals surface area contributed by atoms with Crippen LogP contribution in [-0.2, 0) is 14.5 Å². The van der Waals surface area contributed by atoms with E-state index >= 15 is 0 Å². The van der Waals surface area contributed by atoms with Crippen LogP contribution < -0.4 is 0 Å². The molecular formula is C10H19IO3. The van der Waals surface area contributed by atoms with E-state index in [2.05, 4.69) is 29.5 Å². The average molecular weight is 314 g/mol. The van der Waals surface area contributed by atoms with Crippen molar-refractivity contribution in [2.45, 2.75) is 45.5 Å². The number of ether oxygens (including phenoxy) is 1. The van der Waals surface area contributed by atoms with Gasteiger partial charge in [0.25, 0.3) is 0 Å². The van der Waals surface area contributed by atoms with E-state index in [0.717, 1.165) is 12.8 Å². The highest BCUT2D eigenvalue weighted by atomic mass is 127. The van der Waals surface area contributed by atoms with Crippen molar-refractivity contribution in [3.8, 4) is 0 Å². The lowest BCUT2D eigenvalue weighted by Gasteiger charge is -2.23. The van der Waals surface area contributed by atoms with Crippen molar-refractivity contribution in [1.29, 1.82) is 0 Å². The van der Waals surface area contributed by atoms with Gasteiger partial charge in [-0.05, 0) is 30.4 Å². The molecule has 0 aliphatic carbocycles. The number of halogens is 1. The second-order valence-electron chi connectivity index (χ2n) is 3.43. The molecule has 1 atom stereocenters. The highest BCUT2D eigenvalue weighted by molar-refractivity contribution is 14.1. The molecule has 0 aromatic heterocycles. The summed E-state index contributed by atoms with van der Waals surface area (Å²) in [5.74, 6) is -0.689. The Balaban J connectivity index is 3.92. The second-order valence-corrected chi connectivity index (χ2v) is 4.15. The Morgan fingerprint density at radius 2 is 2.07 bits per heavy atom. The minimum atomic E-state index is -0.689. The molecule has 3 nitrogen and oxygen atoms in total. The molecule has 84 valence electrons. The zero-order valence-corrected chi connectivity index (χ0v) is 11.4. The van der Waals surface area contributed by atoms with Crippen molar-refractivity contribution in [1.82, 2.24) is 0 Å². The molecule has 14 heavy (non-hydrogen) atoms. The highest BCUT2D eigenvalue weighted by Crippen LogP contribution is 2.14. The number of rotatable bonds is 7. The third-order valence-electron chi connectivity index (χ3n) is 1.72. The standard InChI is InChI=1S/C10H19IO3/c1-5-6-9(7-8-11)13-14-10(2,3)12-4/h7-9H,5-6H2,1-4H3/b8-7-. The monoisotopic (exact) mass is 314 g/mol. The summed E-state index contributed by atoms with van der Waals surface area (Å²) in [6.07, 6.45) is 3.98. The van der Waals surface area contributed by atoms with Crippen LogP contribution in [0, 0.1) is 0 Å². The van der Waals surface area contributed by atoms with Crippen LogP contribution in [0.25, 0.3) is 0 Å². The molecule has 0 aliphatic rings. The van der Waals surface area contributed by atoms with Crippen molar-refractivity contribution in [2.24, 2.45) is 0 Å². The maximum Gasteiger partial charge on any atom is 0.195 e. The molecule has 0 saturated heterocycles. The minimum absolute atomic E-state index is 0.00586. The van der Waals surface area contributed by atoms with Gasteiger partial charge in [-0.2, -0.15) is 0 Å². The van der Waals surface area contributed by atoms with E-state index in [1.54, 1.807) is 7.11 Å². The zero-order valence-electron chi connectivity index (χ0n) is 9.25. The molecule has 0 amide bonds. The fraction of sp³-hybridized carbons (Fsp3) is 0.800. The SMILES string of the molecule is CCCC(/C=C\I)OOC(C)(C)OC. The molecule has 0 radical (unpaired) electrons. The van der Waals surface area contributed by atoms with Crippen LogP contribution in [0.4, 0.5) is 0 Å². The Labute approximate surface area is 99.9 Å². The van der Waals surface area contributed by atoms with E-state index in [0.29, 0.717) is 0 Å². The number of hydrogen-bond acceptors (Lipinski definition) is 3. The lowest BCUT2D eigenvalue weighted by Crippen LogP contribution is -2.29. The molecule has 0 rings (SSSR count). The first-order valence-corrected chi connectivity index (χ1v) is 5.96. The second kappa shape index (κ2) is 7.62. The Hall–Kier alpha value is 0.350. The van der Waals surface area contributed by atoms with E-state index in [4.69, 9.17) is 14.5 Å². The van der Waals surface area contributed by atoms with Crippen LogP contribution in [0.15, 0.2) is 10.2 Å². The molecule has 1 unspecified atom stereocenters. The molecule has 0 fully saturated rings. The van der Waals surface area contributed by atoms with Crippen LogP contribution in [-0.4, -0.2) is 19.0 Å². The first kappa shape index (κ1) is 14.3. The van der Waals surface area contributed by atoms with Gasteiger partial charge in [0.15, 0.2) is 5.79 Å². The van der Waals surface area contributed by atoms with Crippen molar-refractivity contribution in [3.63, 3.8) is 0 Å². The van der Waals surface area contributed by atoms with E-state index in [-0.39, 0.29) is 6.10 Å². The largest absolute Gasteiger partial charge is 0.351 e. The van der Waals surface area contributed by atoms with E-state index in [9.17, 15) is 0 Å². The summed E-state index contributed by atoms with van der Waals surface area (Å²) in [5, 5.41) is 0. The molecule has 0 heterocycles. The van der Waals surface area contributed by atoms with Crippen LogP contribution in [0.1, 0.15) is 33.6 Å². The molecule has 0 N–H and O–H groups in total. The van der Waals surface area contributed by atoms with Gasteiger partial charge in [0.2, 0.25) is 0 Å². The summed E-state index contributed by atoms with van der Waals surface area (Å²) in [4.78, 5) is 10.4. The van der Waals surface area contributed by atoms with Gasteiger partial charge >= 0.3 is 0 Å². The Morgan fingerprint density at radius 1 is 1.43 bits per heavy atom. The molecule has 4 heteroatoms. The first-order chi connectivity index (χ1) is 6.55. The maximum absolute atomic E-state index is 5.26. The molecule has 0 aliphatic heterocycles. The Kier molecular flexibility index (Phi) is 7.81. The lowest BCUT2D eigenvalue weighted by molar-refractivity contribution is -0.425. The number of methoxy groups -OCH3 is 1. The van der Waals surface area contributed by atoms with Gasteiger partial charge < -0.3 is 4.74 Å². The fourth-order valence-electron chi connectivity index (χ4n) is 0.754. The number of hydrogen-bond donors (Lipinski definition) is 0. The van der Waals surface area contributed by atoms with Crippen LogP contribution in [0.3, 0.4) is 0 Å². The Bertz CT molecular complexity index is 169. The first-order valence-electron chi connectivity index (χ1n) is 4.72. The molecule has 0 bridgehead atoms. The zero-order chi connectivity index (χ0) is 11.0. The topological polar surface area (TPSA) is 27.7 Å². The molecular weight excluding hydrogens is 295 g/mol. The van der Waals surface area contributed by atoms with Gasteiger partial charge in [-0.15, -0.1) is 0 Å². The van der Waals surface area contributed by atoms with E-state index < -0.39 is 5.79 Å². The fourth-order valence-corrected chi connectivity index (χ4v) is 1.22. The van der Waals surface area contributed by atoms with Crippen molar-refractivity contribution >= 4 is 22.6 Å². The third kappa shape index (κ3) is 6.75. The third-order valence-corrected chi connectivity index (χ3v) is 2.14. The maximum atomic E-state index is 5.26. The molecule has 0 aromatic rings. The molecule has 0 saturated carbocycles. The van der Waals surface area contributed by atoms with Crippen LogP contribution >= 0.6 is 22.6 Å².